The molecule has 2 aromatic rings. The van der Waals surface area contributed by atoms with Gasteiger partial charge in [-0.1, -0.05) is 54.6 Å². The number of aryl methyl sites for hydroxylation is 1. The first-order chi connectivity index (χ1) is 13.0. The van der Waals surface area contributed by atoms with E-state index < -0.39 is 12.0 Å². The zero-order valence-electron chi connectivity index (χ0n) is 15.6. The minimum atomic E-state index is -0.468. The minimum Gasteiger partial charge on any atom is -0.458 e. The average molecular weight is 364 g/mol. The maximum Gasteiger partial charge on any atom is 0.355 e. The maximum atomic E-state index is 12.7. The maximum absolute atomic E-state index is 12.7. The molecule has 0 bridgehead atoms. The SMILES string of the molecule is CC(C)OC(=O)/C(Cc1ccccc1)=N\N[C@H]1CCc2ccccc2C1=O. The van der Waals surface area contributed by atoms with E-state index in [2.05, 4.69) is 10.5 Å². The number of hydrogen-bond acceptors (Lipinski definition) is 5. The molecule has 0 aliphatic heterocycles. The van der Waals surface area contributed by atoms with Gasteiger partial charge in [-0.2, -0.15) is 5.10 Å². The van der Waals surface area contributed by atoms with Crippen molar-refractivity contribution in [1.29, 1.82) is 0 Å². The highest BCUT2D eigenvalue weighted by Gasteiger charge is 2.27. The first-order valence-corrected chi connectivity index (χ1v) is 9.23. The third-order valence-corrected chi connectivity index (χ3v) is 4.45. The number of carbonyl (C=O) groups is 2. The number of ketones is 1. The Bertz CT molecular complexity index is 844. The summed E-state index contributed by atoms with van der Waals surface area (Å²) in [5.41, 5.74) is 5.94. The van der Waals surface area contributed by atoms with Gasteiger partial charge < -0.3 is 4.74 Å². The molecular weight excluding hydrogens is 340 g/mol. The lowest BCUT2D eigenvalue weighted by molar-refractivity contribution is -0.139. The summed E-state index contributed by atoms with van der Waals surface area (Å²) in [6.45, 7) is 3.60. The Morgan fingerprint density at radius 2 is 1.85 bits per heavy atom. The van der Waals surface area contributed by atoms with Crippen LogP contribution in [0.15, 0.2) is 59.7 Å². The van der Waals surface area contributed by atoms with Gasteiger partial charge in [-0.25, -0.2) is 4.79 Å². The van der Waals surface area contributed by atoms with Gasteiger partial charge >= 0.3 is 5.97 Å². The third-order valence-electron chi connectivity index (χ3n) is 4.45. The number of fused-ring (bicyclic) bond motifs is 1. The molecule has 1 N–H and O–H groups in total. The van der Waals surface area contributed by atoms with Crippen molar-refractivity contribution in [2.75, 3.05) is 0 Å². The lowest BCUT2D eigenvalue weighted by Crippen LogP contribution is -2.39. The molecule has 3 rings (SSSR count). The summed E-state index contributed by atoms with van der Waals surface area (Å²) in [6, 6.07) is 16.8. The highest BCUT2D eigenvalue weighted by molar-refractivity contribution is 6.37. The molecule has 5 heteroatoms. The van der Waals surface area contributed by atoms with Crippen molar-refractivity contribution >= 4 is 17.5 Å². The fraction of sp³-hybridized carbons (Fsp3) is 0.318. The van der Waals surface area contributed by atoms with E-state index in [1.807, 2.05) is 54.6 Å². The summed E-state index contributed by atoms with van der Waals surface area (Å²) in [6.07, 6.45) is 1.56. The number of Topliss-reactive ketones (excluding diaryl/α,β-unsaturated/α-hetero) is 1. The van der Waals surface area contributed by atoms with E-state index in [9.17, 15) is 9.59 Å². The number of hydrogen-bond donors (Lipinski definition) is 1. The third kappa shape index (κ3) is 4.82. The summed E-state index contributed by atoms with van der Waals surface area (Å²) in [5, 5.41) is 4.29. The fourth-order valence-electron chi connectivity index (χ4n) is 3.10. The van der Waals surface area contributed by atoms with Crippen LogP contribution in [0.4, 0.5) is 0 Å². The molecule has 1 aliphatic rings. The molecule has 0 unspecified atom stereocenters. The summed E-state index contributed by atoms with van der Waals surface area (Å²) >= 11 is 0. The van der Waals surface area contributed by atoms with Crippen LogP contribution in [0.1, 0.15) is 41.8 Å². The molecule has 27 heavy (non-hydrogen) atoms. The zero-order chi connectivity index (χ0) is 19.2. The van der Waals surface area contributed by atoms with Crippen molar-refractivity contribution in [3.8, 4) is 0 Å². The molecule has 0 fully saturated rings. The van der Waals surface area contributed by atoms with Gasteiger partial charge in [0.1, 0.15) is 11.8 Å². The highest BCUT2D eigenvalue weighted by Crippen LogP contribution is 2.21. The molecule has 0 radical (unpaired) electrons. The van der Waals surface area contributed by atoms with Crippen LogP contribution in [0.3, 0.4) is 0 Å². The number of carbonyl (C=O) groups excluding carboxylic acids is 2. The molecule has 0 heterocycles. The number of esters is 1. The van der Waals surface area contributed by atoms with Crippen LogP contribution < -0.4 is 5.43 Å². The normalized spacial score (nSPS) is 16.8. The molecule has 1 atom stereocenters. The Morgan fingerprint density at radius 3 is 2.59 bits per heavy atom. The second kappa shape index (κ2) is 8.62. The molecule has 2 aromatic carbocycles. The number of hydrazone groups is 1. The van der Waals surface area contributed by atoms with Crippen molar-refractivity contribution in [2.24, 2.45) is 5.10 Å². The topological polar surface area (TPSA) is 67.8 Å². The van der Waals surface area contributed by atoms with Gasteiger partial charge in [0.05, 0.1) is 6.10 Å². The van der Waals surface area contributed by atoms with Crippen molar-refractivity contribution < 1.29 is 14.3 Å². The predicted octanol–water partition coefficient (Wildman–Crippen LogP) is 3.32. The molecule has 1 aliphatic carbocycles. The number of nitrogens with one attached hydrogen (secondary N) is 1. The van der Waals surface area contributed by atoms with Crippen molar-refractivity contribution in [1.82, 2.24) is 5.43 Å². The molecule has 0 saturated carbocycles. The summed E-state index contributed by atoms with van der Waals surface area (Å²) in [7, 11) is 0. The summed E-state index contributed by atoms with van der Waals surface area (Å²) in [5.74, 6) is -0.457. The van der Waals surface area contributed by atoms with Gasteiger partial charge in [-0.3, -0.25) is 10.2 Å². The quantitative estimate of drug-likeness (QED) is 0.485. The summed E-state index contributed by atoms with van der Waals surface area (Å²) in [4.78, 5) is 25.1. The van der Waals surface area contributed by atoms with Gasteiger partial charge in [0.25, 0.3) is 0 Å². The van der Waals surface area contributed by atoms with Gasteiger partial charge in [0.15, 0.2) is 5.78 Å². The molecule has 0 saturated heterocycles. The zero-order valence-corrected chi connectivity index (χ0v) is 15.6. The van der Waals surface area contributed by atoms with Gasteiger partial charge in [0, 0.05) is 12.0 Å². The smallest absolute Gasteiger partial charge is 0.355 e. The van der Waals surface area contributed by atoms with E-state index in [4.69, 9.17) is 4.74 Å². The Hall–Kier alpha value is -2.95. The lowest BCUT2D eigenvalue weighted by atomic mass is 9.87. The predicted molar refractivity (Wildman–Crippen MR) is 105 cm³/mol. The molecular formula is C22H24N2O3. The number of ether oxygens (including phenoxy) is 1. The van der Waals surface area contributed by atoms with Crippen LogP contribution in [0.25, 0.3) is 0 Å². The van der Waals surface area contributed by atoms with Gasteiger partial charge in [-0.05, 0) is 37.8 Å². The van der Waals surface area contributed by atoms with E-state index >= 15 is 0 Å². The van der Waals surface area contributed by atoms with E-state index in [0.717, 1.165) is 23.1 Å². The number of nitrogens with zero attached hydrogens (tertiary/aromatic N) is 1. The summed E-state index contributed by atoms with van der Waals surface area (Å²) < 4.78 is 5.31. The monoisotopic (exact) mass is 364 g/mol. The Morgan fingerprint density at radius 1 is 1.15 bits per heavy atom. The molecule has 5 nitrogen and oxygen atoms in total. The van der Waals surface area contributed by atoms with Gasteiger partial charge in [-0.15, -0.1) is 0 Å². The standard InChI is InChI=1S/C22H24N2O3/c1-15(2)27-22(26)20(14-16-8-4-3-5-9-16)24-23-19-13-12-17-10-6-7-11-18(17)21(19)25/h3-11,15,19,23H,12-14H2,1-2H3/b24-20-/t19-/m0/s1. The van der Waals surface area contributed by atoms with Crippen LogP contribution in [0, 0.1) is 0 Å². The molecule has 0 aromatic heterocycles. The fourth-order valence-corrected chi connectivity index (χ4v) is 3.10. The molecule has 0 amide bonds. The highest BCUT2D eigenvalue weighted by atomic mass is 16.5. The molecule has 140 valence electrons. The van der Waals surface area contributed by atoms with Crippen LogP contribution in [0.2, 0.25) is 0 Å². The second-order valence-corrected chi connectivity index (χ2v) is 6.92. The van der Waals surface area contributed by atoms with Gasteiger partial charge in [0.2, 0.25) is 0 Å². The lowest BCUT2D eigenvalue weighted by Gasteiger charge is -2.23. The van der Waals surface area contributed by atoms with E-state index in [1.165, 1.54) is 0 Å². The number of rotatable bonds is 6. The van der Waals surface area contributed by atoms with E-state index in [-0.39, 0.29) is 17.6 Å². The minimum absolute atomic E-state index is 0.0110. The first kappa shape index (κ1) is 18.8. The Balaban J connectivity index is 1.77. The average Bonchev–Trinajstić information content (AvgIpc) is 2.67. The van der Waals surface area contributed by atoms with Crippen LogP contribution in [0.5, 0.6) is 0 Å². The first-order valence-electron chi connectivity index (χ1n) is 9.23. The largest absolute Gasteiger partial charge is 0.458 e. The van der Waals surface area contributed by atoms with Crippen LogP contribution in [-0.4, -0.2) is 29.6 Å². The van der Waals surface area contributed by atoms with Crippen molar-refractivity contribution in [3.63, 3.8) is 0 Å². The van der Waals surface area contributed by atoms with E-state index in [0.29, 0.717) is 12.8 Å². The van der Waals surface area contributed by atoms with E-state index in [1.54, 1.807) is 13.8 Å². The second-order valence-electron chi connectivity index (χ2n) is 6.92. The molecule has 0 spiro atoms. The Kier molecular flexibility index (Phi) is 6.01. The van der Waals surface area contributed by atoms with Crippen molar-refractivity contribution in [3.05, 3.63) is 71.3 Å². The van der Waals surface area contributed by atoms with Crippen LogP contribution in [-0.2, 0) is 22.4 Å². The van der Waals surface area contributed by atoms with Crippen molar-refractivity contribution in [2.45, 2.75) is 45.3 Å². The Labute approximate surface area is 159 Å². The van der Waals surface area contributed by atoms with Crippen LogP contribution >= 0.6 is 0 Å². The number of benzene rings is 2.